The van der Waals surface area contributed by atoms with Gasteiger partial charge in [-0.2, -0.15) is 0 Å². The Morgan fingerprint density at radius 2 is 1.83 bits per heavy atom. The molecule has 1 fully saturated rings. The molecule has 0 bridgehead atoms. The Kier molecular flexibility index (Phi) is 5.04. The van der Waals surface area contributed by atoms with Crippen molar-refractivity contribution in [2.75, 3.05) is 36.8 Å². The Morgan fingerprint density at radius 3 is 2.35 bits per heavy atom. The van der Waals surface area contributed by atoms with Crippen molar-refractivity contribution in [3.05, 3.63) is 23.3 Å². The smallest absolute Gasteiger partial charge is 0.410 e. The summed E-state index contributed by atoms with van der Waals surface area (Å²) in [7, 11) is 0. The van der Waals surface area contributed by atoms with Crippen molar-refractivity contribution in [1.82, 2.24) is 4.90 Å². The number of benzene rings is 1. The van der Waals surface area contributed by atoms with E-state index in [1.165, 1.54) is 0 Å². The molecule has 4 N–H and O–H groups in total. The van der Waals surface area contributed by atoms with Crippen molar-refractivity contribution < 1.29 is 9.53 Å². The maximum atomic E-state index is 12.1. The lowest BCUT2D eigenvalue weighted by Gasteiger charge is -2.37. The number of anilines is 2. The van der Waals surface area contributed by atoms with E-state index in [1.807, 2.05) is 33.8 Å². The fourth-order valence-corrected chi connectivity index (χ4v) is 2.65. The van der Waals surface area contributed by atoms with Crippen LogP contribution >= 0.6 is 0 Å². The summed E-state index contributed by atoms with van der Waals surface area (Å²) in [5.41, 5.74) is 15.4. The summed E-state index contributed by atoms with van der Waals surface area (Å²) in [5, 5.41) is 0. The lowest BCUT2D eigenvalue weighted by atomic mass is 10.0. The molecule has 0 radical (unpaired) electrons. The van der Waals surface area contributed by atoms with Gasteiger partial charge in [-0.3, -0.25) is 0 Å². The van der Waals surface area contributed by atoms with Crippen LogP contribution in [-0.4, -0.2) is 42.8 Å². The van der Waals surface area contributed by atoms with Crippen LogP contribution in [0.2, 0.25) is 0 Å². The first-order valence-electron chi connectivity index (χ1n) is 8.03. The van der Waals surface area contributed by atoms with Crippen LogP contribution in [0, 0.1) is 6.92 Å². The van der Waals surface area contributed by atoms with Gasteiger partial charge in [0, 0.05) is 44.1 Å². The monoisotopic (exact) mass is 320 g/mol. The quantitative estimate of drug-likeness (QED) is 0.815. The van der Waals surface area contributed by atoms with E-state index in [4.69, 9.17) is 16.2 Å². The van der Waals surface area contributed by atoms with Gasteiger partial charge in [0.1, 0.15) is 5.60 Å². The van der Waals surface area contributed by atoms with Crippen LogP contribution in [0.4, 0.5) is 16.2 Å². The van der Waals surface area contributed by atoms with Crippen LogP contribution in [0.1, 0.15) is 31.9 Å². The number of rotatable bonds is 2. The number of carbonyl (C=O) groups is 1. The Bertz CT molecular complexity index is 573. The van der Waals surface area contributed by atoms with Crippen LogP contribution in [0.5, 0.6) is 0 Å². The van der Waals surface area contributed by atoms with Gasteiger partial charge in [-0.1, -0.05) is 0 Å². The topological polar surface area (TPSA) is 84.8 Å². The molecule has 128 valence electrons. The van der Waals surface area contributed by atoms with E-state index in [0.29, 0.717) is 19.6 Å². The van der Waals surface area contributed by atoms with Gasteiger partial charge >= 0.3 is 6.09 Å². The van der Waals surface area contributed by atoms with E-state index in [9.17, 15) is 4.79 Å². The van der Waals surface area contributed by atoms with E-state index < -0.39 is 5.60 Å². The minimum atomic E-state index is -0.463. The number of hydrogen-bond donors (Lipinski definition) is 2. The number of nitrogen functional groups attached to an aromatic ring is 1. The highest BCUT2D eigenvalue weighted by atomic mass is 16.6. The van der Waals surface area contributed by atoms with E-state index in [1.54, 1.807) is 4.90 Å². The van der Waals surface area contributed by atoms with E-state index in [2.05, 4.69) is 11.0 Å². The third-order valence-corrected chi connectivity index (χ3v) is 4.06. The lowest BCUT2D eigenvalue weighted by Crippen LogP contribution is -2.50. The number of piperazine rings is 1. The molecule has 1 amide bonds. The van der Waals surface area contributed by atoms with Gasteiger partial charge in [-0.05, 0) is 51.0 Å². The summed E-state index contributed by atoms with van der Waals surface area (Å²) >= 11 is 0. The molecule has 23 heavy (non-hydrogen) atoms. The van der Waals surface area contributed by atoms with Crippen LogP contribution < -0.4 is 16.4 Å². The molecule has 0 saturated carbocycles. The van der Waals surface area contributed by atoms with E-state index in [-0.39, 0.29) is 6.09 Å². The number of hydrogen-bond acceptors (Lipinski definition) is 5. The van der Waals surface area contributed by atoms with Crippen molar-refractivity contribution in [2.45, 2.75) is 39.8 Å². The highest BCUT2D eigenvalue weighted by Gasteiger charge is 2.26. The summed E-state index contributed by atoms with van der Waals surface area (Å²) in [6.45, 7) is 10.9. The van der Waals surface area contributed by atoms with Crippen molar-refractivity contribution >= 4 is 17.5 Å². The molecule has 2 rings (SSSR count). The van der Waals surface area contributed by atoms with Crippen LogP contribution in [-0.2, 0) is 11.3 Å². The van der Waals surface area contributed by atoms with Crippen LogP contribution in [0.3, 0.4) is 0 Å². The first-order valence-corrected chi connectivity index (χ1v) is 8.03. The Labute approximate surface area is 138 Å². The summed E-state index contributed by atoms with van der Waals surface area (Å²) in [6, 6.07) is 4.08. The van der Waals surface area contributed by atoms with Gasteiger partial charge in [0.15, 0.2) is 0 Å². The normalized spacial score (nSPS) is 15.7. The van der Waals surface area contributed by atoms with Crippen molar-refractivity contribution in [3.8, 4) is 0 Å². The summed E-state index contributed by atoms with van der Waals surface area (Å²) < 4.78 is 5.42. The predicted molar refractivity (Wildman–Crippen MR) is 93.5 cm³/mol. The van der Waals surface area contributed by atoms with Gasteiger partial charge in [0.25, 0.3) is 0 Å². The number of nitrogens with zero attached hydrogens (tertiary/aromatic N) is 2. The SMILES string of the molecule is Cc1c(N)cc(N2CCN(C(=O)OC(C)(C)C)CC2)cc1CN. The van der Waals surface area contributed by atoms with Crippen molar-refractivity contribution in [1.29, 1.82) is 0 Å². The van der Waals surface area contributed by atoms with Gasteiger partial charge < -0.3 is 26.0 Å². The highest BCUT2D eigenvalue weighted by molar-refractivity contribution is 5.69. The molecule has 1 aromatic rings. The second-order valence-corrected chi connectivity index (χ2v) is 6.98. The van der Waals surface area contributed by atoms with Gasteiger partial charge in [-0.15, -0.1) is 0 Å². The highest BCUT2D eigenvalue weighted by Crippen LogP contribution is 2.26. The molecule has 0 aromatic heterocycles. The second kappa shape index (κ2) is 6.66. The maximum Gasteiger partial charge on any atom is 0.410 e. The molecule has 0 atom stereocenters. The van der Waals surface area contributed by atoms with Gasteiger partial charge in [0.2, 0.25) is 0 Å². The molecular formula is C17H28N4O2. The molecule has 1 aliphatic rings. The molecular weight excluding hydrogens is 292 g/mol. The largest absolute Gasteiger partial charge is 0.444 e. The van der Waals surface area contributed by atoms with E-state index in [0.717, 1.165) is 35.6 Å². The molecule has 1 saturated heterocycles. The molecule has 0 spiro atoms. The molecule has 1 aliphatic heterocycles. The third-order valence-electron chi connectivity index (χ3n) is 4.06. The number of amides is 1. The average molecular weight is 320 g/mol. The van der Waals surface area contributed by atoms with Gasteiger partial charge in [0.05, 0.1) is 0 Å². The molecule has 0 aliphatic carbocycles. The molecule has 0 unspecified atom stereocenters. The lowest BCUT2D eigenvalue weighted by molar-refractivity contribution is 0.0240. The van der Waals surface area contributed by atoms with Crippen LogP contribution in [0.25, 0.3) is 0 Å². The second-order valence-electron chi connectivity index (χ2n) is 6.98. The zero-order valence-corrected chi connectivity index (χ0v) is 14.6. The first-order chi connectivity index (χ1) is 10.7. The minimum Gasteiger partial charge on any atom is -0.444 e. The first kappa shape index (κ1) is 17.4. The number of carbonyl (C=O) groups excluding carboxylic acids is 1. The Hall–Kier alpha value is -1.95. The standard InChI is InChI=1S/C17H28N4O2/c1-12-13(11-18)9-14(10-15(12)19)20-5-7-21(8-6-20)16(22)23-17(2,3)4/h9-10H,5-8,11,18-19H2,1-4H3. The molecule has 1 heterocycles. The van der Waals surface area contributed by atoms with Gasteiger partial charge in [-0.25, -0.2) is 4.79 Å². The summed E-state index contributed by atoms with van der Waals surface area (Å²) in [4.78, 5) is 16.1. The fourth-order valence-electron chi connectivity index (χ4n) is 2.65. The Morgan fingerprint density at radius 1 is 1.22 bits per heavy atom. The van der Waals surface area contributed by atoms with Crippen molar-refractivity contribution in [3.63, 3.8) is 0 Å². The summed E-state index contributed by atoms with van der Waals surface area (Å²) in [6.07, 6.45) is -0.247. The zero-order valence-electron chi connectivity index (χ0n) is 14.6. The Balaban J connectivity index is 2.02. The zero-order chi connectivity index (χ0) is 17.2. The molecule has 1 aromatic carbocycles. The fraction of sp³-hybridized carbons (Fsp3) is 0.588. The average Bonchev–Trinajstić information content (AvgIpc) is 2.48. The molecule has 6 heteroatoms. The van der Waals surface area contributed by atoms with E-state index >= 15 is 0 Å². The number of ether oxygens (including phenoxy) is 1. The maximum absolute atomic E-state index is 12.1. The van der Waals surface area contributed by atoms with Crippen LogP contribution in [0.15, 0.2) is 12.1 Å². The minimum absolute atomic E-state index is 0.247. The molecule has 6 nitrogen and oxygen atoms in total. The summed E-state index contributed by atoms with van der Waals surface area (Å²) in [5.74, 6) is 0. The van der Waals surface area contributed by atoms with Crippen molar-refractivity contribution in [2.24, 2.45) is 5.73 Å². The number of nitrogens with two attached hydrogens (primary N) is 2. The predicted octanol–water partition coefficient (Wildman–Crippen LogP) is 2.09. The third kappa shape index (κ3) is 4.28.